The highest BCUT2D eigenvalue weighted by Gasteiger charge is 2.27. The molecular formula is C14H28. The Hall–Kier alpha value is 0. The fourth-order valence-corrected chi connectivity index (χ4v) is 3.15. The van der Waals surface area contributed by atoms with Crippen molar-refractivity contribution in [1.82, 2.24) is 0 Å². The summed E-state index contributed by atoms with van der Waals surface area (Å²) in [5, 5.41) is 0. The fourth-order valence-electron chi connectivity index (χ4n) is 3.15. The lowest BCUT2D eigenvalue weighted by Gasteiger charge is -2.30. The van der Waals surface area contributed by atoms with E-state index in [0.717, 1.165) is 23.7 Å². The van der Waals surface area contributed by atoms with Crippen molar-refractivity contribution < 1.29 is 0 Å². The highest BCUT2D eigenvalue weighted by Crippen LogP contribution is 2.38. The number of hydrogen-bond acceptors (Lipinski definition) is 0. The van der Waals surface area contributed by atoms with Crippen LogP contribution in [0, 0.1) is 23.7 Å². The zero-order chi connectivity index (χ0) is 10.6. The van der Waals surface area contributed by atoms with Crippen LogP contribution in [0.5, 0.6) is 0 Å². The largest absolute Gasteiger partial charge is 0.0654 e. The standard InChI is InChI=1S/C14H28/c1-5-8-11(2)12(3)13(4)14-9-6-7-10-14/h11-14H,5-10H2,1-4H3. The number of hydrogen-bond donors (Lipinski definition) is 0. The molecule has 0 bridgehead atoms. The molecule has 3 atom stereocenters. The summed E-state index contributed by atoms with van der Waals surface area (Å²) in [5.74, 6) is 3.86. The van der Waals surface area contributed by atoms with Gasteiger partial charge in [-0.25, -0.2) is 0 Å². The molecule has 0 amide bonds. The van der Waals surface area contributed by atoms with Gasteiger partial charge in [-0.15, -0.1) is 0 Å². The maximum atomic E-state index is 2.49. The monoisotopic (exact) mass is 196 g/mol. The van der Waals surface area contributed by atoms with E-state index in [9.17, 15) is 0 Å². The van der Waals surface area contributed by atoms with E-state index in [4.69, 9.17) is 0 Å². The van der Waals surface area contributed by atoms with E-state index in [1.165, 1.54) is 38.5 Å². The predicted octanol–water partition coefficient (Wildman–Crippen LogP) is 4.89. The van der Waals surface area contributed by atoms with Crippen LogP contribution in [0.3, 0.4) is 0 Å². The molecule has 3 unspecified atom stereocenters. The first-order valence-electron chi connectivity index (χ1n) is 6.66. The molecule has 0 aromatic rings. The lowest BCUT2D eigenvalue weighted by molar-refractivity contribution is 0.196. The van der Waals surface area contributed by atoms with Crippen LogP contribution >= 0.6 is 0 Å². The summed E-state index contributed by atoms with van der Waals surface area (Å²) < 4.78 is 0. The molecule has 1 aliphatic rings. The van der Waals surface area contributed by atoms with Crippen molar-refractivity contribution in [1.29, 1.82) is 0 Å². The van der Waals surface area contributed by atoms with E-state index in [2.05, 4.69) is 27.7 Å². The average molecular weight is 196 g/mol. The minimum Gasteiger partial charge on any atom is -0.0654 e. The van der Waals surface area contributed by atoms with Crippen LogP contribution in [0.2, 0.25) is 0 Å². The van der Waals surface area contributed by atoms with Crippen molar-refractivity contribution in [2.24, 2.45) is 23.7 Å². The Bertz CT molecular complexity index is 144. The van der Waals surface area contributed by atoms with Gasteiger partial charge < -0.3 is 0 Å². The molecule has 0 spiro atoms. The van der Waals surface area contributed by atoms with E-state index in [1.54, 1.807) is 0 Å². The molecule has 0 saturated heterocycles. The summed E-state index contributed by atoms with van der Waals surface area (Å²) in [6, 6.07) is 0. The Balaban J connectivity index is 2.37. The van der Waals surface area contributed by atoms with Crippen LogP contribution in [-0.4, -0.2) is 0 Å². The Morgan fingerprint density at radius 1 is 1.07 bits per heavy atom. The van der Waals surface area contributed by atoms with Crippen molar-refractivity contribution in [3.8, 4) is 0 Å². The molecule has 84 valence electrons. The van der Waals surface area contributed by atoms with Crippen LogP contribution < -0.4 is 0 Å². The third kappa shape index (κ3) is 3.00. The lowest BCUT2D eigenvalue weighted by atomic mass is 9.76. The summed E-state index contributed by atoms with van der Waals surface area (Å²) >= 11 is 0. The molecule has 0 heterocycles. The molecule has 0 aromatic carbocycles. The van der Waals surface area contributed by atoms with Gasteiger partial charge in [-0.3, -0.25) is 0 Å². The fraction of sp³-hybridized carbons (Fsp3) is 1.00. The summed E-state index contributed by atoms with van der Waals surface area (Å²) in [5.41, 5.74) is 0. The van der Waals surface area contributed by atoms with Crippen LogP contribution in [0.1, 0.15) is 66.2 Å². The van der Waals surface area contributed by atoms with Gasteiger partial charge in [-0.2, -0.15) is 0 Å². The zero-order valence-corrected chi connectivity index (χ0v) is 10.6. The Morgan fingerprint density at radius 3 is 2.14 bits per heavy atom. The Kier molecular flexibility index (Phi) is 4.98. The molecule has 1 saturated carbocycles. The van der Waals surface area contributed by atoms with Gasteiger partial charge in [-0.05, 0) is 23.7 Å². The smallest absolute Gasteiger partial charge is 0.0386 e. The molecule has 1 aliphatic carbocycles. The molecule has 0 aromatic heterocycles. The summed E-state index contributed by atoms with van der Waals surface area (Å²) in [4.78, 5) is 0. The van der Waals surface area contributed by atoms with E-state index in [1.807, 2.05) is 0 Å². The van der Waals surface area contributed by atoms with Gasteiger partial charge >= 0.3 is 0 Å². The molecule has 0 N–H and O–H groups in total. The van der Waals surface area contributed by atoms with Crippen molar-refractivity contribution in [3.05, 3.63) is 0 Å². The second-order valence-electron chi connectivity index (χ2n) is 5.53. The molecular weight excluding hydrogens is 168 g/mol. The molecule has 0 nitrogen and oxygen atoms in total. The van der Waals surface area contributed by atoms with Gasteiger partial charge in [0.05, 0.1) is 0 Å². The second kappa shape index (κ2) is 5.78. The zero-order valence-electron chi connectivity index (χ0n) is 10.6. The van der Waals surface area contributed by atoms with Crippen molar-refractivity contribution in [2.45, 2.75) is 66.2 Å². The van der Waals surface area contributed by atoms with Gasteiger partial charge in [0.2, 0.25) is 0 Å². The SMILES string of the molecule is CCCC(C)C(C)C(C)C1CCCC1. The maximum Gasteiger partial charge on any atom is -0.0386 e. The van der Waals surface area contributed by atoms with Gasteiger partial charge in [0.15, 0.2) is 0 Å². The maximum absolute atomic E-state index is 2.49. The molecule has 0 aliphatic heterocycles. The van der Waals surface area contributed by atoms with Gasteiger partial charge in [0, 0.05) is 0 Å². The van der Waals surface area contributed by atoms with Crippen molar-refractivity contribution in [3.63, 3.8) is 0 Å². The minimum absolute atomic E-state index is 0.926. The van der Waals surface area contributed by atoms with Gasteiger partial charge in [0.25, 0.3) is 0 Å². The third-order valence-electron chi connectivity index (χ3n) is 4.61. The topological polar surface area (TPSA) is 0 Å². The van der Waals surface area contributed by atoms with Gasteiger partial charge in [0.1, 0.15) is 0 Å². The molecule has 1 rings (SSSR count). The van der Waals surface area contributed by atoms with Gasteiger partial charge in [-0.1, -0.05) is 66.2 Å². The number of rotatable bonds is 5. The van der Waals surface area contributed by atoms with Crippen LogP contribution in [0.4, 0.5) is 0 Å². The van der Waals surface area contributed by atoms with Crippen molar-refractivity contribution >= 4 is 0 Å². The Morgan fingerprint density at radius 2 is 1.64 bits per heavy atom. The summed E-state index contributed by atoms with van der Waals surface area (Å²) in [6.07, 6.45) is 8.75. The first kappa shape index (κ1) is 12.1. The first-order valence-corrected chi connectivity index (χ1v) is 6.66. The average Bonchev–Trinajstić information content (AvgIpc) is 2.68. The molecule has 1 fully saturated rings. The molecule has 0 radical (unpaired) electrons. The van der Waals surface area contributed by atoms with E-state index in [-0.39, 0.29) is 0 Å². The van der Waals surface area contributed by atoms with E-state index < -0.39 is 0 Å². The highest BCUT2D eigenvalue weighted by molar-refractivity contribution is 4.78. The minimum atomic E-state index is 0.926. The molecule has 14 heavy (non-hydrogen) atoms. The Labute approximate surface area is 90.5 Å². The molecule has 0 heteroatoms. The van der Waals surface area contributed by atoms with E-state index in [0.29, 0.717) is 0 Å². The summed E-state index contributed by atoms with van der Waals surface area (Å²) in [6.45, 7) is 9.72. The van der Waals surface area contributed by atoms with Crippen molar-refractivity contribution in [2.75, 3.05) is 0 Å². The quantitative estimate of drug-likeness (QED) is 0.587. The highest BCUT2D eigenvalue weighted by atomic mass is 14.3. The third-order valence-corrected chi connectivity index (χ3v) is 4.61. The first-order chi connectivity index (χ1) is 6.66. The van der Waals surface area contributed by atoms with Crippen LogP contribution in [-0.2, 0) is 0 Å². The lowest BCUT2D eigenvalue weighted by Crippen LogP contribution is -2.22. The van der Waals surface area contributed by atoms with E-state index >= 15 is 0 Å². The normalized spacial score (nSPS) is 24.9. The van der Waals surface area contributed by atoms with Crippen LogP contribution in [0.15, 0.2) is 0 Å². The predicted molar refractivity (Wildman–Crippen MR) is 64.4 cm³/mol. The second-order valence-corrected chi connectivity index (χ2v) is 5.53. The summed E-state index contributed by atoms with van der Waals surface area (Å²) in [7, 11) is 0. The van der Waals surface area contributed by atoms with Crippen LogP contribution in [0.25, 0.3) is 0 Å².